The summed E-state index contributed by atoms with van der Waals surface area (Å²) in [4.78, 5) is 0.182. The summed E-state index contributed by atoms with van der Waals surface area (Å²) in [6.07, 6.45) is 0.858. The van der Waals surface area contributed by atoms with Crippen molar-refractivity contribution < 1.29 is 9.13 Å². The molecule has 2 aromatic carbocycles. The molecule has 0 amide bonds. The molecule has 1 unspecified atom stereocenters. The molecule has 0 saturated carbocycles. The first-order valence-electron chi connectivity index (χ1n) is 6.13. The fraction of sp³-hybridized carbons (Fsp3) is 0.250. The topological polar surface area (TPSA) is 9.23 Å². The predicted octanol–water partition coefficient (Wildman–Crippen LogP) is 4.82. The zero-order valence-electron chi connectivity index (χ0n) is 11.0. The third-order valence-corrected chi connectivity index (χ3v) is 3.96. The van der Waals surface area contributed by atoms with Gasteiger partial charge in [-0.1, -0.05) is 34.1 Å². The van der Waals surface area contributed by atoms with Crippen LogP contribution in [0.1, 0.15) is 21.5 Å². The average molecular weight is 323 g/mol. The van der Waals surface area contributed by atoms with Crippen LogP contribution in [0.15, 0.2) is 42.5 Å². The van der Waals surface area contributed by atoms with Crippen LogP contribution < -0.4 is 4.74 Å². The molecular weight excluding hydrogens is 307 g/mol. The molecule has 0 fully saturated rings. The van der Waals surface area contributed by atoms with E-state index in [0.717, 1.165) is 23.3 Å². The van der Waals surface area contributed by atoms with E-state index >= 15 is 0 Å². The fourth-order valence-corrected chi connectivity index (χ4v) is 2.96. The van der Waals surface area contributed by atoms with E-state index in [9.17, 15) is 4.39 Å². The highest BCUT2D eigenvalue weighted by molar-refractivity contribution is 9.09. The summed E-state index contributed by atoms with van der Waals surface area (Å²) in [5, 5.41) is 0. The van der Waals surface area contributed by atoms with Gasteiger partial charge in [-0.2, -0.15) is 0 Å². The van der Waals surface area contributed by atoms with E-state index in [-0.39, 0.29) is 10.6 Å². The Morgan fingerprint density at radius 2 is 1.84 bits per heavy atom. The molecule has 19 heavy (non-hydrogen) atoms. The largest absolute Gasteiger partial charge is 0.497 e. The number of rotatable bonds is 4. The molecular formula is C16H16BrFO. The number of methoxy groups -OCH3 is 1. The molecule has 0 saturated heterocycles. The Hall–Kier alpha value is -1.35. The molecule has 0 heterocycles. The second-order valence-corrected chi connectivity index (χ2v) is 5.63. The second kappa shape index (κ2) is 6.20. The summed E-state index contributed by atoms with van der Waals surface area (Å²) in [5.74, 6) is 0.665. The van der Waals surface area contributed by atoms with E-state index in [1.807, 2.05) is 37.3 Å². The predicted molar refractivity (Wildman–Crippen MR) is 79.5 cm³/mol. The Bertz CT molecular complexity index is 551. The number of hydrogen-bond acceptors (Lipinski definition) is 1. The fourth-order valence-electron chi connectivity index (χ4n) is 2.07. The monoisotopic (exact) mass is 322 g/mol. The molecule has 0 spiro atoms. The summed E-state index contributed by atoms with van der Waals surface area (Å²) < 4.78 is 18.2. The standard InChI is InChI=1S/C16H16BrFO/c1-11-9-13(18)5-8-15(11)16(17)10-12-3-6-14(19-2)7-4-12/h3-9,16H,10H2,1-2H3. The van der Waals surface area contributed by atoms with Crippen molar-refractivity contribution in [2.75, 3.05) is 7.11 Å². The van der Waals surface area contributed by atoms with Crippen molar-refractivity contribution in [1.29, 1.82) is 0 Å². The van der Waals surface area contributed by atoms with E-state index in [2.05, 4.69) is 15.9 Å². The van der Waals surface area contributed by atoms with Crippen molar-refractivity contribution in [1.82, 2.24) is 0 Å². The third-order valence-electron chi connectivity index (χ3n) is 3.14. The number of benzene rings is 2. The first-order chi connectivity index (χ1) is 9.10. The van der Waals surface area contributed by atoms with Crippen LogP contribution in [0, 0.1) is 12.7 Å². The highest BCUT2D eigenvalue weighted by Gasteiger charge is 2.11. The van der Waals surface area contributed by atoms with Gasteiger partial charge < -0.3 is 4.74 Å². The van der Waals surface area contributed by atoms with E-state index in [4.69, 9.17) is 4.74 Å². The Labute approximate surface area is 121 Å². The average Bonchev–Trinajstić information content (AvgIpc) is 2.39. The number of alkyl halides is 1. The molecule has 0 aliphatic rings. The Balaban J connectivity index is 2.13. The summed E-state index contributed by atoms with van der Waals surface area (Å²) in [5.41, 5.74) is 3.30. The van der Waals surface area contributed by atoms with Gasteiger partial charge in [-0.15, -0.1) is 0 Å². The number of aryl methyl sites for hydroxylation is 1. The Morgan fingerprint density at radius 1 is 1.16 bits per heavy atom. The minimum absolute atomic E-state index is 0.182. The lowest BCUT2D eigenvalue weighted by atomic mass is 10.0. The molecule has 0 aliphatic heterocycles. The smallest absolute Gasteiger partial charge is 0.123 e. The SMILES string of the molecule is COc1ccc(CC(Br)c2ccc(F)cc2C)cc1. The van der Waals surface area contributed by atoms with Crippen LogP contribution in [0.4, 0.5) is 4.39 Å². The van der Waals surface area contributed by atoms with E-state index in [1.165, 1.54) is 11.6 Å². The molecule has 1 atom stereocenters. The van der Waals surface area contributed by atoms with Crippen LogP contribution in [0.5, 0.6) is 5.75 Å². The molecule has 3 heteroatoms. The van der Waals surface area contributed by atoms with Crippen LogP contribution >= 0.6 is 15.9 Å². The lowest BCUT2D eigenvalue weighted by Crippen LogP contribution is -1.98. The molecule has 0 aliphatic carbocycles. The van der Waals surface area contributed by atoms with Crippen molar-refractivity contribution >= 4 is 15.9 Å². The summed E-state index contributed by atoms with van der Waals surface area (Å²) in [6.45, 7) is 1.93. The first-order valence-corrected chi connectivity index (χ1v) is 7.05. The van der Waals surface area contributed by atoms with Gasteiger partial charge in [-0.25, -0.2) is 4.39 Å². The molecule has 2 aromatic rings. The maximum Gasteiger partial charge on any atom is 0.123 e. The van der Waals surface area contributed by atoms with E-state index in [0.29, 0.717) is 0 Å². The van der Waals surface area contributed by atoms with Crippen molar-refractivity contribution in [3.8, 4) is 5.75 Å². The van der Waals surface area contributed by atoms with Crippen LogP contribution in [0.2, 0.25) is 0 Å². The van der Waals surface area contributed by atoms with Crippen LogP contribution in [-0.2, 0) is 6.42 Å². The van der Waals surface area contributed by atoms with Crippen molar-refractivity contribution in [3.63, 3.8) is 0 Å². The maximum atomic E-state index is 13.1. The zero-order chi connectivity index (χ0) is 13.8. The van der Waals surface area contributed by atoms with Gasteiger partial charge in [-0.05, 0) is 54.3 Å². The Morgan fingerprint density at radius 3 is 2.42 bits per heavy atom. The van der Waals surface area contributed by atoms with Gasteiger partial charge in [0.05, 0.1) is 7.11 Å². The zero-order valence-corrected chi connectivity index (χ0v) is 12.6. The van der Waals surface area contributed by atoms with Crippen molar-refractivity contribution in [2.45, 2.75) is 18.2 Å². The normalized spacial score (nSPS) is 12.2. The van der Waals surface area contributed by atoms with Crippen LogP contribution in [0.25, 0.3) is 0 Å². The molecule has 0 bridgehead atoms. The van der Waals surface area contributed by atoms with Gasteiger partial charge in [0.2, 0.25) is 0 Å². The van der Waals surface area contributed by atoms with Crippen LogP contribution in [-0.4, -0.2) is 7.11 Å². The number of hydrogen-bond donors (Lipinski definition) is 0. The highest BCUT2D eigenvalue weighted by atomic mass is 79.9. The molecule has 0 radical (unpaired) electrons. The second-order valence-electron chi connectivity index (χ2n) is 4.52. The highest BCUT2D eigenvalue weighted by Crippen LogP contribution is 2.30. The minimum Gasteiger partial charge on any atom is -0.497 e. The quantitative estimate of drug-likeness (QED) is 0.733. The maximum absolute atomic E-state index is 13.1. The van der Waals surface area contributed by atoms with E-state index in [1.54, 1.807) is 13.2 Å². The van der Waals surface area contributed by atoms with Gasteiger partial charge in [0.1, 0.15) is 11.6 Å². The van der Waals surface area contributed by atoms with E-state index < -0.39 is 0 Å². The van der Waals surface area contributed by atoms with Crippen LogP contribution in [0.3, 0.4) is 0 Å². The lowest BCUT2D eigenvalue weighted by molar-refractivity contribution is 0.414. The van der Waals surface area contributed by atoms with Crippen molar-refractivity contribution in [2.24, 2.45) is 0 Å². The molecule has 2 rings (SSSR count). The summed E-state index contributed by atoms with van der Waals surface area (Å²) in [6, 6.07) is 12.9. The first kappa shape index (κ1) is 14.1. The molecule has 100 valence electrons. The lowest BCUT2D eigenvalue weighted by Gasteiger charge is -2.13. The third kappa shape index (κ3) is 3.57. The summed E-state index contributed by atoms with van der Waals surface area (Å²) in [7, 11) is 1.66. The molecule has 0 aromatic heterocycles. The van der Waals surface area contributed by atoms with Crippen molar-refractivity contribution in [3.05, 3.63) is 65.0 Å². The van der Waals surface area contributed by atoms with Gasteiger partial charge >= 0.3 is 0 Å². The van der Waals surface area contributed by atoms with Gasteiger partial charge in [0, 0.05) is 4.83 Å². The molecule has 1 nitrogen and oxygen atoms in total. The van der Waals surface area contributed by atoms with Gasteiger partial charge in [-0.3, -0.25) is 0 Å². The van der Waals surface area contributed by atoms with Gasteiger partial charge in [0.25, 0.3) is 0 Å². The number of ether oxygens (including phenoxy) is 1. The molecule has 0 N–H and O–H groups in total. The van der Waals surface area contributed by atoms with Gasteiger partial charge in [0.15, 0.2) is 0 Å². The number of halogens is 2. The summed E-state index contributed by atoms with van der Waals surface area (Å²) >= 11 is 3.68. The Kier molecular flexibility index (Phi) is 4.59. The minimum atomic E-state index is -0.189.